The van der Waals surface area contributed by atoms with Gasteiger partial charge in [0.1, 0.15) is 23.0 Å². The van der Waals surface area contributed by atoms with E-state index in [-0.39, 0.29) is 51.1 Å². The normalized spacial score (nSPS) is 22.0. The zero-order valence-electron chi connectivity index (χ0n) is 62.1. The van der Waals surface area contributed by atoms with Gasteiger partial charge in [-0.2, -0.15) is 13.2 Å². The Morgan fingerprint density at radius 2 is 0.710 bits per heavy atom. The van der Waals surface area contributed by atoms with E-state index in [0.717, 1.165) is 200 Å². The zero-order chi connectivity index (χ0) is 76.8. The molecule has 3 aliphatic heterocycles. The van der Waals surface area contributed by atoms with Gasteiger partial charge in [0.05, 0.1) is 55.6 Å². The van der Waals surface area contributed by atoms with Crippen molar-refractivity contribution in [1.82, 2.24) is 28.9 Å². The Balaban J connectivity index is 0.000000172. The Bertz CT molecular complexity index is 4180. The number of alkyl halides is 6. The summed E-state index contributed by atoms with van der Waals surface area (Å²) >= 11 is 6.14. The minimum atomic E-state index is -4.82. The van der Waals surface area contributed by atoms with Crippen LogP contribution in [0.3, 0.4) is 0 Å². The van der Waals surface area contributed by atoms with E-state index < -0.39 is 53.9 Å². The maximum Gasteiger partial charge on any atom is 0.573 e. The molecule has 0 amide bonds. The van der Waals surface area contributed by atoms with Crippen LogP contribution in [0.4, 0.5) is 43.4 Å². The highest BCUT2D eigenvalue weighted by molar-refractivity contribution is 7.90. The highest BCUT2D eigenvalue weighted by Crippen LogP contribution is 2.38. The number of sulfonamides is 3. The monoisotopic (exact) mass is 1570 g/mol. The van der Waals surface area contributed by atoms with Gasteiger partial charge < -0.3 is 33.6 Å². The number of ether oxygens (including phenoxy) is 4. The number of piperazine rings is 3. The number of hydrogen-bond acceptors (Lipinski definition) is 16. The second-order valence-corrected chi connectivity index (χ2v) is 34.9. The third-order valence-corrected chi connectivity index (χ3v) is 25.5. The van der Waals surface area contributed by atoms with E-state index in [1.165, 1.54) is 17.8 Å². The number of rotatable bonds is 22. The third-order valence-electron chi connectivity index (χ3n) is 20.5. The molecule has 12 rings (SSSR count). The first-order valence-electron chi connectivity index (χ1n) is 37.4. The first-order chi connectivity index (χ1) is 50.7. The lowest BCUT2D eigenvalue weighted by molar-refractivity contribution is -0.274. The van der Waals surface area contributed by atoms with E-state index in [9.17, 15) is 51.6 Å². The molecule has 0 radical (unpaired) electrons. The summed E-state index contributed by atoms with van der Waals surface area (Å²) in [4.78, 5) is 14.5. The van der Waals surface area contributed by atoms with Gasteiger partial charge in [0.25, 0.3) is 0 Å². The van der Waals surface area contributed by atoms with Crippen molar-refractivity contribution in [3.63, 3.8) is 0 Å². The van der Waals surface area contributed by atoms with Crippen LogP contribution >= 0.6 is 11.6 Å². The largest absolute Gasteiger partial charge is 0.573 e. The molecule has 6 aromatic carbocycles. The molecular formula is C78H104ClF6N9O10S3. The van der Waals surface area contributed by atoms with Gasteiger partial charge in [0.2, 0.25) is 30.1 Å². The molecule has 6 aromatic rings. The van der Waals surface area contributed by atoms with Crippen LogP contribution in [0.15, 0.2) is 154 Å². The Hall–Kier alpha value is -6.60. The summed E-state index contributed by atoms with van der Waals surface area (Å²) in [5.41, 5.74) is 3.31. The standard InChI is InChI=1S/C26H36ClN3O3S.C26H34F3N3O4S.C26H34F3N3O3S/c1-19(2)33-26-7-5-4-6-25(26)30-16-14-29(15-17-30)22-11-9-21(10-12-22)28-34(31,32)23-13-8-20(3)24(27)18-23;1-19(2)35-25-6-4-3-5-24(25)32-17-15-31(16-18-32)21-9-7-20(8-10-21)30-37(33,34)23-13-11-22(12-14-23)36-26(27,28)29;1-19(2)35-25-9-4-3-8-24(25)32-16-14-31(15-17-32)22-12-10-21(11-13-22)30-36(33,34)23-7-5-6-20(18-23)26(27,28)29/h4-8,13,18-19,21-22,28H,9-12,14-17H2,1-3H3;3-6,11-14,19-21,30H,7-10,15-18H2,1-2H3;3-9,18-19,21-22,30H,10-17H2,1-2H3. The molecule has 0 unspecified atom stereocenters. The van der Waals surface area contributed by atoms with Crippen LogP contribution in [0.2, 0.25) is 5.02 Å². The molecule has 3 saturated heterocycles. The number of hydrogen-bond donors (Lipinski definition) is 3. The maximum absolute atomic E-state index is 13.0. The number of anilines is 3. The maximum atomic E-state index is 13.0. The van der Waals surface area contributed by atoms with Crippen molar-refractivity contribution in [2.75, 3.05) is 93.2 Å². The van der Waals surface area contributed by atoms with Gasteiger partial charge in [-0.25, -0.2) is 39.4 Å². The molecule has 6 aliphatic rings. The van der Waals surface area contributed by atoms with Crippen LogP contribution in [-0.2, 0) is 36.2 Å². The number of benzene rings is 6. The number of nitrogens with zero attached hydrogens (tertiary/aromatic N) is 6. The van der Waals surface area contributed by atoms with E-state index in [4.69, 9.17) is 25.8 Å². The van der Waals surface area contributed by atoms with Crippen LogP contribution in [0.25, 0.3) is 0 Å². The van der Waals surface area contributed by atoms with Gasteiger partial charge in [-0.05, 0) is 222 Å². The molecule has 0 aromatic heterocycles. The van der Waals surface area contributed by atoms with E-state index >= 15 is 0 Å². The van der Waals surface area contributed by atoms with Crippen molar-refractivity contribution in [3.05, 3.63) is 156 Å². The predicted molar refractivity (Wildman–Crippen MR) is 408 cm³/mol. The van der Waals surface area contributed by atoms with Crippen molar-refractivity contribution in [2.24, 2.45) is 0 Å². The van der Waals surface area contributed by atoms with E-state index in [2.05, 4.69) is 92.5 Å². The molecule has 0 atom stereocenters. The summed E-state index contributed by atoms with van der Waals surface area (Å²) < 4.78 is 183. The topological polar surface area (TPSA) is 195 Å². The van der Waals surface area contributed by atoms with Crippen LogP contribution in [-0.4, -0.2) is 179 Å². The van der Waals surface area contributed by atoms with Gasteiger partial charge in [0.15, 0.2) is 0 Å². The van der Waals surface area contributed by atoms with E-state index in [0.29, 0.717) is 54.9 Å². The Kier molecular flexibility index (Phi) is 28.6. The summed E-state index contributed by atoms with van der Waals surface area (Å²) in [5.74, 6) is 2.30. The molecule has 3 aliphatic carbocycles. The molecule has 3 N–H and O–H groups in total. The molecular weight excluding hydrogens is 1470 g/mol. The summed E-state index contributed by atoms with van der Waals surface area (Å²) in [6.45, 7) is 25.3. The highest BCUT2D eigenvalue weighted by Gasteiger charge is 2.37. The molecule has 3 heterocycles. The SMILES string of the molecule is CC(C)Oc1ccccc1N1CCN(C2CCC(NS(=O)(=O)c3ccc(OC(F)(F)F)cc3)CC2)CC1.CC(C)Oc1ccccc1N1CCN(C2CCC(NS(=O)(=O)c3cccc(C(F)(F)F)c3)CC2)CC1.Cc1ccc(S(=O)(=O)NC2CCC(N3CCN(c4ccccc4OC(C)C)CC3)CC2)cc1Cl. The van der Waals surface area contributed by atoms with Crippen LogP contribution in [0.5, 0.6) is 23.0 Å². The zero-order valence-corrected chi connectivity index (χ0v) is 65.3. The molecule has 588 valence electrons. The van der Waals surface area contributed by atoms with Gasteiger partial charge in [-0.1, -0.05) is 60.1 Å². The molecule has 3 saturated carbocycles. The number of para-hydroxylation sites is 6. The molecule has 0 spiro atoms. The van der Waals surface area contributed by atoms with Crippen LogP contribution < -0.4 is 47.8 Å². The number of nitrogens with one attached hydrogen (secondary N) is 3. The third kappa shape index (κ3) is 23.7. The van der Waals surface area contributed by atoms with Crippen LogP contribution in [0, 0.1) is 6.92 Å². The minimum absolute atomic E-state index is 0.0253. The van der Waals surface area contributed by atoms with Gasteiger partial charge in [0, 0.05) is 120 Å². The van der Waals surface area contributed by atoms with Crippen molar-refractivity contribution >= 4 is 58.7 Å². The molecule has 29 heteroatoms. The summed E-state index contributed by atoms with van der Waals surface area (Å²) in [6.07, 6.45) is 0.908. The van der Waals surface area contributed by atoms with Crippen LogP contribution in [0.1, 0.15) is 130 Å². The lowest BCUT2D eigenvalue weighted by atomic mass is 9.90. The molecule has 107 heavy (non-hydrogen) atoms. The van der Waals surface area contributed by atoms with Crippen molar-refractivity contribution < 1.29 is 70.5 Å². The number of aryl methyl sites for hydroxylation is 1. The quantitative estimate of drug-likeness (QED) is 0.0543. The lowest BCUT2D eigenvalue weighted by Gasteiger charge is -2.43. The second-order valence-electron chi connectivity index (χ2n) is 29.3. The minimum Gasteiger partial charge on any atom is -0.489 e. The Morgan fingerprint density at radius 3 is 1.03 bits per heavy atom. The Labute approximate surface area is 633 Å². The first-order valence-corrected chi connectivity index (χ1v) is 42.2. The molecule has 19 nitrogen and oxygen atoms in total. The fourth-order valence-corrected chi connectivity index (χ4v) is 19.4. The summed E-state index contributed by atoms with van der Waals surface area (Å²) in [5, 5.41) is 0.476. The summed E-state index contributed by atoms with van der Waals surface area (Å²) in [6, 6.07) is 38.4. The summed E-state index contributed by atoms with van der Waals surface area (Å²) in [7, 11) is -11.4. The smallest absolute Gasteiger partial charge is 0.489 e. The average Bonchev–Trinajstić information content (AvgIpc) is 0.834. The first kappa shape index (κ1) is 82.9. The fourth-order valence-electron chi connectivity index (χ4n) is 15.1. The lowest BCUT2D eigenvalue weighted by Crippen LogP contribution is -2.52. The molecule has 6 fully saturated rings. The fraction of sp³-hybridized carbons (Fsp3) is 0.538. The van der Waals surface area contributed by atoms with E-state index in [1.807, 2.05) is 77.1 Å². The predicted octanol–water partition coefficient (Wildman–Crippen LogP) is 14.5. The van der Waals surface area contributed by atoms with Crippen molar-refractivity contribution in [2.45, 2.75) is 207 Å². The number of halogens is 7. The van der Waals surface area contributed by atoms with Gasteiger partial charge in [-0.15, -0.1) is 13.2 Å². The van der Waals surface area contributed by atoms with Crippen molar-refractivity contribution in [3.8, 4) is 23.0 Å². The molecule has 0 bridgehead atoms. The van der Waals surface area contributed by atoms with Crippen molar-refractivity contribution in [1.29, 1.82) is 0 Å². The van der Waals surface area contributed by atoms with Gasteiger partial charge >= 0.3 is 12.5 Å². The Morgan fingerprint density at radius 1 is 0.393 bits per heavy atom. The van der Waals surface area contributed by atoms with E-state index in [1.54, 1.807) is 12.1 Å². The highest BCUT2D eigenvalue weighted by atomic mass is 35.5. The average molecular weight is 1570 g/mol. The second kappa shape index (κ2) is 36.9. The van der Waals surface area contributed by atoms with Gasteiger partial charge in [-0.3, -0.25) is 14.7 Å².